The maximum absolute atomic E-state index is 11.2. The first-order valence-electron chi connectivity index (χ1n) is 4.46. The highest BCUT2D eigenvalue weighted by Gasteiger charge is 2.07. The monoisotopic (exact) mass is 210 g/mol. The first-order chi connectivity index (χ1) is 6.61. The van der Waals surface area contributed by atoms with Crippen LogP contribution in [0.1, 0.15) is 18.1 Å². The summed E-state index contributed by atoms with van der Waals surface area (Å²) in [5.41, 5.74) is 2.17. The first-order valence-corrected chi connectivity index (χ1v) is 4.98. The molecule has 0 fully saturated rings. The van der Waals surface area contributed by atoms with Crippen LogP contribution in [0.25, 0.3) is 0 Å². The Hall–Kier alpha value is -1.03. The fourth-order valence-electron chi connectivity index (χ4n) is 1.03. The van der Waals surface area contributed by atoms with Crippen LogP contribution in [0.2, 0.25) is 0 Å². The summed E-state index contributed by atoms with van der Waals surface area (Å²) < 4.78 is 0. The van der Waals surface area contributed by atoms with Crippen molar-refractivity contribution in [3.05, 3.63) is 29.6 Å². The lowest BCUT2D eigenvalue weighted by molar-refractivity contribution is -0.120. The molecule has 1 aromatic rings. The van der Waals surface area contributed by atoms with E-state index in [-0.39, 0.29) is 11.2 Å². The molecule has 0 saturated carbocycles. The summed E-state index contributed by atoms with van der Waals surface area (Å²) in [6.45, 7) is 4.26. The smallest absolute Gasteiger partial charge is 0.232 e. The van der Waals surface area contributed by atoms with Gasteiger partial charge in [-0.1, -0.05) is 0 Å². The third kappa shape index (κ3) is 3.03. The Kier molecular flexibility index (Phi) is 3.95. The average molecular weight is 210 g/mol. The number of pyridine rings is 1. The Bertz CT molecular complexity index is 326. The molecule has 0 aliphatic heterocycles. The van der Waals surface area contributed by atoms with Gasteiger partial charge in [-0.25, -0.2) is 0 Å². The Morgan fingerprint density at radius 1 is 1.71 bits per heavy atom. The highest BCUT2D eigenvalue weighted by atomic mass is 32.1. The van der Waals surface area contributed by atoms with Gasteiger partial charge in [-0.05, 0) is 31.0 Å². The minimum absolute atomic E-state index is 0.0513. The number of aryl methyl sites for hydroxylation is 1. The molecular weight excluding hydrogens is 196 g/mol. The normalized spacial score (nSPS) is 12.2. The highest BCUT2D eigenvalue weighted by Crippen LogP contribution is 2.04. The van der Waals surface area contributed by atoms with Gasteiger partial charge in [0, 0.05) is 18.9 Å². The van der Waals surface area contributed by atoms with E-state index in [0.29, 0.717) is 6.54 Å². The van der Waals surface area contributed by atoms with Gasteiger partial charge in [0.1, 0.15) is 0 Å². The molecule has 1 N–H and O–H groups in total. The highest BCUT2D eigenvalue weighted by molar-refractivity contribution is 7.81. The molecule has 1 unspecified atom stereocenters. The number of hydrogen-bond acceptors (Lipinski definition) is 3. The number of carbonyl (C=O) groups is 1. The van der Waals surface area contributed by atoms with E-state index in [1.165, 1.54) is 0 Å². The molecule has 14 heavy (non-hydrogen) atoms. The predicted octanol–water partition coefficient (Wildman–Crippen LogP) is 1.32. The molecule has 3 nitrogen and oxygen atoms in total. The van der Waals surface area contributed by atoms with E-state index < -0.39 is 0 Å². The van der Waals surface area contributed by atoms with Crippen LogP contribution in [0, 0.1) is 6.92 Å². The van der Waals surface area contributed by atoms with Gasteiger partial charge in [0.2, 0.25) is 5.91 Å². The van der Waals surface area contributed by atoms with Crippen molar-refractivity contribution in [2.24, 2.45) is 0 Å². The van der Waals surface area contributed by atoms with Crippen LogP contribution >= 0.6 is 12.6 Å². The Morgan fingerprint density at radius 2 is 2.43 bits per heavy atom. The number of hydrogen-bond donors (Lipinski definition) is 2. The second kappa shape index (κ2) is 5.00. The third-order valence-corrected chi connectivity index (χ3v) is 2.20. The van der Waals surface area contributed by atoms with Crippen LogP contribution < -0.4 is 5.32 Å². The standard InChI is InChI=1S/C10H14N2OS/c1-7-5-11-4-3-9(7)6-12-10(13)8(2)14/h3-5,8,14H,6H2,1-2H3,(H,12,13). The molecule has 1 heterocycles. The maximum Gasteiger partial charge on any atom is 0.232 e. The van der Waals surface area contributed by atoms with Gasteiger partial charge >= 0.3 is 0 Å². The Balaban J connectivity index is 2.54. The molecule has 0 radical (unpaired) electrons. The van der Waals surface area contributed by atoms with Gasteiger partial charge in [0.25, 0.3) is 0 Å². The zero-order valence-electron chi connectivity index (χ0n) is 8.32. The van der Waals surface area contributed by atoms with Crippen molar-refractivity contribution >= 4 is 18.5 Å². The van der Waals surface area contributed by atoms with Crippen molar-refractivity contribution in [2.75, 3.05) is 0 Å². The van der Waals surface area contributed by atoms with Gasteiger partial charge in [-0.3, -0.25) is 9.78 Å². The number of aromatic nitrogens is 1. The minimum atomic E-state index is -0.267. The van der Waals surface area contributed by atoms with Crippen molar-refractivity contribution in [3.63, 3.8) is 0 Å². The Morgan fingerprint density at radius 3 is 3.00 bits per heavy atom. The van der Waals surface area contributed by atoms with Gasteiger partial charge in [-0.15, -0.1) is 0 Å². The van der Waals surface area contributed by atoms with Crippen LogP contribution in [-0.2, 0) is 11.3 Å². The number of carbonyl (C=O) groups excluding carboxylic acids is 1. The summed E-state index contributed by atoms with van der Waals surface area (Å²) in [6.07, 6.45) is 3.50. The van der Waals surface area contributed by atoms with E-state index in [0.717, 1.165) is 11.1 Å². The van der Waals surface area contributed by atoms with E-state index in [2.05, 4.69) is 22.9 Å². The van der Waals surface area contributed by atoms with Crippen LogP contribution in [0.3, 0.4) is 0 Å². The van der Waals surface area contributed by atoms with Crippen LogP contribution in [0.4, 0.5) is 0 Å². The lowest BCUT2D eigenvalue weighted by Gasteiger charge is -2.08. The van der Waals surface area contributed by atoms with Gasteiger partial charge in [0.05, 0.1) is 5.25 Å². The fraction of sp³-hybridized carbons (Fsp3) is 0.400. The van der Waals surface area contributed by atoms with E-state index in [1.807, 2.05) is 13.0 Å². The average Bonchev–Trinajstić information content (AvgIpc) is 2.16. The summed E-state index contributed by atoms with van der Waals surface area (Å²) in [5, 5.41) is 2.53. The van der Waals surface area contributed by atoms with E-state index >= 15 is 0 Å². The molecule has 1 aromatic heterocycles. The van der Waals surface area contributed by atoms with Gasteiger partial charge in [-0.2, -0.15) is 12.6 Å². The summed E-state index contributed by atoms with van der Waals surface area (Å²) in [7, 11) is 0. The topological polar surface area (TPSA) is 42.0 Å². The quantitative estimate of drug-likeness (QED) is 0.739. The molecule has 76 valence electrons. The number of rotatable bonds is 3. The summed E-state index contributed by atoms with van der Waals surface area (Å²) in [5.74, 6) is -0.0513. The molecule has 0 aromatic carbocycles. The van der Waals surface area contributed by atoms with Crippen molar-refractivity contribution in [1.82, 2.24) is 10.3 Å². The second-order valence-electron chi connectivity index (χ2n) is 3.20. The SMILES string of the molecule is Cc1cnccc1CNC(=O)C(C)S. The van der Waals surface area contributed by atoms with E-state index in [9.17, 15) is 4.79 Å². The lowest BCUT2D eigenvalue weighted by Crippen LogP contribution is -2.29. The van der Waals surface area contributed by atoms with E-state index in [4.69, 9.17) is 0 Å². The zero-order valence-corrected chi connectivity index (χ0v) is 9.21. The minimum Gasteiger partial charge on any atom is -0.351 e. The van der Waals surface area contributed by atoms with Gasteiger partial charge < -0.3 is 5.32 Å². The molecule has 1 amide bonds. The van der Waals surface area contributed by atoms with Crippen LogP contribution in [0.5, 0.6) is 0 Å². The predicted molar refractivity (Wildman–Crippen MR) is 59.3 cm³/mol. The maximum atomic E-state index is 11.2. The zero-order chi connectivity index (χ0) is 10.6. The summed E-state index contributed by atoms with van der Waals surface area (Å²) in [4.78, 5) is 15.2. The second-order valence-corrected chi connectivity index (χ2v) is 3.97. The molecule has 0 aliphatic carbocycles. The van der Waals surface area contributed by atoms with E-state index in [1.54, 1.807) is 19.3 Å². The third-order valence-electron chi connectivity index (χ3n) is 1.97. The van der Waals surface area contributed by atoms with Crippen molar-refractivity contribution in [1.29, 1.82) is 0 Å². The molecule has 0 spiro atoms. The Labute approximate surface area is 89.3 Å². The molecule has 0 aliphatic rings. The molecule has 1 rings (SSSR count). The molecule has 4 heteroatoms. The number of thiol groups is 1. The first kappa shape index (κ1) is 11.0. The van der Waals surface area contributed by atoms with Crippen LogP contribution in [-0.4, -0.2) is 16.1 Å². The molecule has 0 saturated heterocycles. The largest absolute Gasteiger partial charge is 0.351 e. The summed E-state index contributed by atoms with van der Waals surface area (Å²) in [6, 6.07) is 1.90. The molecular formula is C10H14N2OS. The van der Waals surface area contributed by atoms with Crippen molar-refractivity contribution in [3.8, 4) is 0 Å². The van der Waals surface area contributed by atoms with Crippen LogP contribution in [0.15, 0.2) is 18.5 Å². The number of amides is 1. The molecule has 0 bridgehead atoms. The number of nitrogens with zero attached hydrogens (tertiary/aromatic N) is 1. The van der Waals surface area contributed by atoms with Crippen molar-refractivity contribution in [2.45, 2.75) is 25.6 Å². The summed E-state index contributed by atoms with van der Waals surface area (Å²) >= 11 is 4.04. The van der Waals surface area contributed by atoms with Gasteiger partial charge in [0.15, 0.2) is 0 Å². The molecule has 1 atom stereocenters. The van der Waals surface area contributed by atoms with Crippen molar-refractivity contribution < 1.29 is 4.79 Å². The lowest BCUT2D eigenvalue weighted by atomic mass is 10.1. The number of nitrogens with one attached hydrogen (secondary N) is 1. The fourth-order valence-corrected chi connectivity index (χ4v) is 1.12.